The number of hydrogen-bond donors (Lipinski definition) is 2. The molecule has 0 radical (unpaired) electrons. The van der Waals surface area contributed by atoms with E-state index in [-0.39, 0.29) is 5.69 Å². The molecule has 1 saturated carbocycles. The lowest BCUT2D eigenvalue weighted by Gasteiger charge is -2.05. The molecule has 0 amide bonds. The largest absolute Gasteiger partial charge is 0.400 e. The van der Waals surface area contributed by atoms with Gasteiger partial charge < -0.3 is 5.11 Å². The first kappa shape index (κ1) is 22.0. The Balaban J connectivity index is 0.000000443. The minimum absolute atomic E-state index is 0.364. The Morgan fingerprint density at radius 1 is 0.875 bits per heavy atom. The molecular weight excluding hydrogens is 302 g/mol. The van der Waals surface area contributed by atoms with E-state index in [1.54, 1.807) is 6.92 Å². The van der Waals surface area contributed by atoms with Crippen LogP contribution in [-0.2, 0) is 0 Å². The number of aliphatic hydroxyl groups excluding tert-OH is 1. The summed E-state index contributed by atoms with van der Waals surface area (Å²) in [7, 11) is 1.00. The summed E-state index contributed by atoms with van der Waals surface area (Å²) in [6, 6.07) is 9.41. The molecule has 2 N–H and O–H groups in total. The van der Waals surface area contributed by atoms with Crippen LogP contribution in [0.4, 0.5) is 0 Å². The summed E-state index contributed by atoms with van der Waals surface area (Å²) in [6.45, 7) is 5.73. The lowest BCUT2D eigenvalue weighted by atomic mass is 10.0. The van der Waals surface area contributed by atoms with Gasteiger partial charge in [0.25, 0.3) is 0 Å². The molecule has 5 nitrogen and oxygen atoms in total. The molecule has 0 saturated heterocycles. The fourth-order valence-electron chi connectivity index (χ4n) is 2.27. The number of aryl methyl sites for hydroxylation is 1. The Kier molecular flexibility index (Phi) is 13.4. The van der Waals surface area contributed by atoms with Gasteiger partial charge in [-0.25, -0.2) is 9.78 Å². The van der Waals surface area contributed by atoms with Crippen LogP contribution in [0.5, 0.6) is 0 Å². The quantitative estimate of drug-likeness (QED) is 0.823. The van der Waals surface area contributed by atoms with Gasteiger partial charge >= 0.3 is 5.69 Å². The first-order valence-corrected chi connectivity index (χ1v) is 8.71. The van der Waals surface area contributed by atoms with Crippen LogP contribution in [0.2, 0.25) is 0 Å². The third-order valence-corrected chi connectivity index (χ3v) is 3.30. The molecule has 0 unspecified atom stereocenters. The second kappa shape index (κ2) is 14.6. The monoisotopic (exact) mass is 333 g/mol. The summed E-state index contributed by atoms with van der Waals surface area (Å²) in [4.78, 5) is 21.5. The fourth-order valence-corrected chi connectivity index (χ4v) is 2.27. The maximum absolute atomic E-state index is 11.1. The Morgan fingerprint density at radius 3 is 1.75 bits per heavy atom. The molecule has 0 aliphatic heterocycles. The molecular formula is C19H31N3O2. The summed E-state index contributed by atoms with van der Waals surface area (Å²) in [5, 5.41) is 7.00. The Morgan fingerprint density at radius 2 is 1.33 bits per heavy atom. The highest BCUT2D eigenvalue weighted by Crippen LogP contribution is 2.15. The van der Waals surface area contributed by atoms with E-state index in [0.29, 0.717) is 11.6 Å². The van der Waals surface area contributed by atoms with Crippen molar-refractivity contribution in [2.45, 2.75) is 59.3 Å². The number of benzene rings is 1. The van der Waals surface area contributed by atoms with Crippen LogP contribution >= 0.6 is 0 Å². The van der Waals surface area contributed by atoms with Crippen LogP contribution in [0.3, 0.4) is 0 Å². The van der Waals surface area contributed by atoms with Gasteiger partial charge in [-0.15, -0.1) is 0 Å². The second-order valence-electron chi connectivity index (χ2n) is 5.05. The van der Waals surface area contributed by atoms with E-state index < -0.39 is 0 Å². The van der Waals surface area contributed by atoms with E-state index in [0.717, 1.165) is 12.7 Å². The number of nitrogens with one attached hydrogen (secondary N) is 1. The van der Waals surface area contributed by atoms with Gasteiger partial charge in [-0.2, -0.15) is 4.98 Å². The number of H-pyrrole nitrogens is 1. The van der Waals surface area contributed by atoms with Crippen LogP contribution in [0, 0.1) is 6.92 Å². The molecule has 1 fully saturated rings. The Bertz CT molecular complexity index is 567. The predicted molar refractivity (Wildman–Crippen MR) is 100 cm³/mol. The third kappa shape index (κ3) is 9.20. The van der Waals surface area contributed by atoms with Crippen molar-refractivity contribution in [3.05, 3.63) is 46.6 Å². The molecule has 1 aromatic carbocycles. The topological polar surface area (TPSA) is 78.9 Å². The summed E-state index contributed by atoms with van der Waals surface area (Å²) < 4.78 is 0. The van der Waals surface area contributed by atoms with Gasteiger partial charge in [0.05, 0.1) is 0 Å². The van der Waals surface area contributed by atoms with Crippen LogP contribution < -0.4 is 5.69 Å². The van der Waals surface area contributed by atoms with Gasteiger partial charge in [0.1, 0.15) is 5.82 Å². The number of aromatic nitrogens is 3. The summed E-state index contributed by atoms with van der Waals surface area (Å²) in [6.07, 6.45) is 9.00. The molecule has 1 aliphatic rings. The number of rotatable bonds is 1. The van der Waals surface area contributed by atoms with Crippen molar-refractivity contribution >= 4 is 0 Å². The van der Waals surface area contributed by atoms with E-state index >= 15 is 0 Å². The van der Waals surface area contributed by atoms with Crippen LogP contribution in [0.1, 0.15) is 58.2 Å². The highest BCUT2D eigenvalue weighted by Gasteiger charge is 2.01. The summed E-state index contributed by atoms with van der Waals surface area (Å²) in [5.41, 5.74) is 0.484. The van der Waals surface area contributed by atoms with Crippen molar-refractivity contribution in [1.29, 1.82) is 0 Å². The normalized spacial score (nSPS) is 12.4. The van der Waals surface area contributed by atoms with E-state index in [1.165, 1.54) is 38.5 Å². The van der Waals surface area contributed by atoms with Crippen LogP contribution in [0.25, 0.3) is 11.4 Å². The van der Waals surface area contributed by atoms with Crippen molar-refractivity contribution in [3.8, 4) is 11.4 Å². The van der Waals surface area contributed by atoms with E-state index in [9.17, 15) is 4.79 Å². The number of nitrogens with zero attached hydrogens (tertiary/aromatic N) is 2. The molecule has 1 aromatic heterocycles. The predicted octanol–water partition coefficient (Wildman–Crippen LogP) is 4.12. The fraction of sp³-hybridized carbons (Fsp3) is 0.526. The van der Waals surface area contributed by atoms with Crippen molar-refractivity contribution in [1.82, 2.24) is 15.0 Å². The molecule has 24 heavy (non-hydrogen) atoms. The first-order chi connectivity index (χ1) is 11.8. The SMILES string of the molecule is C1CCCCC1.CC.CO.Cc1nc(-c2ccccc2)nc(=O)[nH]1. The minimum atomic E-state index is -0.364. The van der Waals surface area contributed by atoms with Crippen molar-refractivity contribution in [3.63, 3.8) is 0 Å². The number of hydrogen-bond acceptors (Lipinski definition) is 4. The van der Waals surface area contributed by atoms with Gasteiger partial charge in [-0.1, -0.05) is 82.7 Å². The van der Waals surface area contributed by atoms with Gasteiger partial charge in [0.15, 0.2) is 5.82 Å². The van der Waals surface area contributed by atoms with E-state index in [1.807, 2.05) is 44.2 Å². The van der Waals surface area contributed by atoms with Gasteiger partial charge in [0.2, 0.25) is 0 Å². The molecule has 1 aliphatic carbocycles. The zero-order valence-corrected chi connectivity index (χ0v) is 15.4. The zero-order valence-electron chi connectivity index (χ0n) is 15.4. The molecule has 5 heteroatoms. The third-order valence-electron chi connectivity index (χ3n) is 3.30. The highest BCUT2D eigenvalue weighted by atomic mass is 16.2. The number of aromatic amines is 1. The van der Waals surface area contributed by atoms with E-state index in [4.69, 9.17) is 5.11 Å². The lowest BCUT2D eigenvalue weighted by Crippen LogP contribution is -2.14. The second-order valence-corrected chi connectivity index (χ2v) is 5.05. The van der Waals surface area contributed by atoms with Gasteiger partial charge in [-0.05, 0) is 6.92 Å². The molecule has 2 aromatic rings. The minimum Gasteiger partial charge on any atom is -0.400 e. The van der Waals surface area contributed by atoms with Crippen LogP contribution in [-0.4, -0.2) is 27.2 Å². The first-order valence-electron chi connectivity index (χ1n) is 8.71. The molecule has 1 heterocycles. The Labute approximate surface area is 145 Å². The standard InChI is InChI=1S/C10H9N3O.C6H12.C2H6.CH4O/c1-7-11-9(13-10(14)12-7)8-5-3-2-4-6-8;1-2-4-6-5-3-1;2*1-2/h2-6H,1H3,(H,11,12,13,14);1-6H2;1-2H3;2H,1H3. The highest BCUT2D eigenvalue weighted by molar-refractivity contribution is 5.53. The van der Waals surface area contributed by atoms with Crippen molar-refractivity contribution in [2.24, 2.45) is 0 Å². The maximum atomic E-state index is 11.1. The van der Waals surface area contributed by atoms with Gasteiger partial charge in [0, 0.05) is 12.7 Å². The smallest absolute Gasteiger partial charge is 0.348 e. The molecule has 134 valence electrons. The average Bonchev–Trinajstić information content (AvgIpc) is 2.67. The van der Waals surface area contributed by atoms with Crippen molar-refractivity contribution in [2.75, 3.05) is 7.11 Å². The van der Waals surface area contributed by atoms with Gasteiger partial charge in [-0.3, -0.25) is 4.98 Å². The molecule has 0 bridgehead atoms. The van der Waals surface area contributed by atoms with E-state index in [2.05, 4.69) is 15.0 Å². The summed E-state index contributed by atoms with van der Waals surface area (Å²) >= 11 is 0. The Hall–Kier alpha value is -2.01. The number of aliphatic hydroxyl groups is 1. The molecule has 0 spiro atoms. The zero-order chi connectivity index (χ0) is 18.2. The lowest BCUT2D eigenvalue weighted by molar-refractivity contribution is 0.399. The van der Waals surface area contributed by atoms with Crippen LogP contribution in [0.15, 0.2) is 35.1 Å². The maximum Gasteiger partial charge on any atom is 0.348 e. The molecule has 3 rings (SSSR count). The average molecular weight is 333 g/mol. The molecule has 0 atom stereocenters. The van der Waals surface area contributed by atoms with Crippen molar-refractivity contribution < 1.29 is 5.11 Å². The summed E-state index contributed by atoms with van der Waals surface area (Å²) in [5.74, 6) is 1.04.